The van der Waals surface area contributed by atoms with Crippen LogP contribution in [-0.2, 0) is 22.7 Å². The van der Waals surface area contributed by atoms with E-state index in [2.05, 4.69) is 5.32 Å². The third-order valence-corrected chi connectivity index (χ3v) is 5.57. The molecule has 0 saturated heterocycles. The second-order valence-corrected chi connectivity index (χ2v) is 7.96. The molecule has 1 atom stereocenters. The Morgan fingerprint density at radius 2 is 1.74 bits per heavy atom. The number of amides is 1. The Hall–Kier alpha value is -4.46. The van der Waals surface area contributed by atoms with Gasteiger partial charge in [0.2, 0.25) is 12.6 Å². The van der Waals surface area contributed by atoms with Crippen molar-refractivity contribution in [3.8, 4) is 17.2 Å². The SMILES string of the molecule is CC(OC(=O)c1oc2ccccc2c1COc1ccccc1)C(=O)NCc1ccc2c(c1)OCO2. The van der Waals surface area contributed by atoms with Crippen LogP contribution in [0, 0.1) is 0 Å². The Morgan fingerprint density at radius 1 is 0.971 bits per heavy atom. The van der Waals surface area contributed by atoms with E-state index >= 15 is 0 Å². The summed E-state index contributed by atoms with van der Waals surface area (Å²) in [6.07, 6.45) is -1.03. The number of ether oxygens (including phenoxy) is 4. The van der Waals surface area contributed by atoms with Crippen LogP contribution in [0.3, 0.4) is 0 Å². The summed E-state index contributed by atoms with van der Waals surface area (Å²) < 4.78 is 27.7. The lowest BCUT2D eigenvalue weighted by atomic mass is 10.1. The quantitative estimate of drug-likeness (QED) is 0.374. The standard InChI is InChI=1S/C27H23NO7/c1-17(26(29)28-14-18-11-12-23-24(13-18)33-16-32-23)34-27(30)25-21(15-31-19-7-3-2-4-8-19)20-9-5-6-10-22(20)35-25/h2-13,17H,14-16H2,1H3,(H,28,29). The zero-order valence-electron chi connectivity index (χ0n) is 19.0. The van der Waals surface area contributed by atoms with E-state index in [1.54, 1.807) is 18.2 Å². The van der Waals surface area contributed by atoms with Gasteiger partial charge in [-0.15, -0.1) is 0 Å². The molecule has 0 saturated carbocycles. The molecular weight excluding hydrogens is 450 g/mol. The van der Waals surface area contributed by atoms with E-state index in [1.807, 2.05) is 54.6 Å². The summed E-state index contributed by atoms with van der Waals surface area (Å²) in [6, 6.07) is 22.0. The van der Waals surface area contributed by atoms with Crippen molar-refractivity contribution in [1.82, 2.24) is 5.32 Å². The van der Waals surface area contributed by atoms with Crippen LogP contribution in [0.15, 0.2) is 77.2 Å². The van der Waals surface area contributed by atoms with E-state index in [9.17, 15) is 9.59 Å². The van der Waals surface area contributed by atoms with E-state index in [4.69, 9.17) is 23.4 Å². The highest BCUT2D eigenvalue weighted by atomic mass is 16.7. The third-order valence-electron chi connectivity index (χ3n) is 5.57. The minimum Gasteiger partial charge on any atom is -0.489 e. The number of para-hydroxylation sites is 2. The van der Waals surface area contributed by atoms with Crippen molar-refractivity contribution >= 4 is 22.8 Å². The van der Waals surface area contributed by atoms with Gasteiger partial charge in [0.15, 0.2) is 17.6 Å². The Balaban J connectivity index is 1.25. The number of carbonyl (C=O) groups is 2. The molecule has 0 spiro atoms. The summed E-state index contributed by atoms with van der Waals surface area (Å²) >= 11 is 0. The Labute approximate surface area is 201 Å². The number of benzene rings is 3. The predicted molar refractivity (Wildman–Crippen MR) is 126 cm³/mol. The lowest BCUT2D eigenvalue weighted by Gasteiger charge is -2.14. The molecule has 1 N–H and O–H groups in total. The van der Waals surface area contributed by atoms with Crippen LogP contribution < -0.4 is 19.5 Å². The van der Waals surface area contributed by atoms with E-state index in [0.717, 1.165) is 10.9 Å². The van der Waals surface area contributed by atoms with E-state index in [0.29, 0.717) is 28.4 Å². The molecule has 1 amide bonds. The number of hydrogen-bond donors (Lipinski definition) is 1. The Bertz CT molecular complexity index is 1360. The van der Waals surface area contributed by atoms with Gasteiger partial charge in [0, 0.05) is 11.9 Å². The van der Waals surface area contributed by atoms with Crippen molar-refractivity contribution in [2.75, 3.05) is 6.79 Å². The lowest BCUT2D eigenvalue weighted by Crippen LogP contribution is -2.35. The largest absolute Gasteiger partial charge is 0.489 e. The smallest absolute Gasteiger partial charge is 0.375 e. The van der Waals surface area contributed by atoms with Gasteiger partial charge in [-0.2, -0.15) is 0 Å². The average Bonchev–Trinajstić information content (AvgIpc) is 3.50. The molecule has 2 heterocycles. The van der Waals surface area contributed by atoms with Gasteiger partial charge in [-0.25, -0.2) is 4.79 Å². The maximum absolute atomic E-state index is 13.0. The molecule has 8 nitrogen and oxygen atoms in total. The normalized spacial score (nSPS) is 12.8. The second kappa shape index (κ2) is 9.80. The molecule has 3 aromatic carbocycles. The molecule has 1 aliphatic rings. The molecule has 8 heteroatoms. The molecular formula is C27H23NO7. The highest BCUT2D eigenvalue weighted by molar-refractivity contribution is 5.97. The van der Waals surface area contributed by atoms with Gasteiger partial charge in [0.25, 0.3) is 5.91 Å². The van der Waals surface area contributed by atoms with Crippen molar-refractivity contribution in [1.29, 1.82) is 0 Å². The van der Waals surface area contributed by atoms with Gasteiger partial charge >= 0.3 is 5.97 Å². The van der Waals surface area contributed by atoms with Crippen LogP contribution in [0.25, 0.3) is 11.0 Å². The van der Waals surface area contributed by atoms with E-state index < -0.39 is 18.0 Å². The molecule has 0 bridgehead atoms. The first-order valence-electron chi connectivity index (χ1n) is 11.1. The minimum atomic E-state index is -1.03. The first-order chi connectivity index (χ1) is 17.1. The number of hydrogen-bond acceptors (Lipinski definition) is 7. The van der Waals surface area contributed by atoms with Crippen molar-refractivity contribution < 1.29 is 33.0 Å². The fraction of sp³-hybridized carbons (Fsp3) is 0.185. The molecule has 35 heavy (non-hydrogen) atoms. The van der Waals surface area contributed by atoms with Crippen molar-refractivity contribution in [2.24, 2.45) is 0 Å². The maximum Gasteiger partial charge on any atom is 0.375 e. The van der Waals surface area contributed by atoms with Crippen LogP contribution in [-0.4, -0.2) is 24.8 Å². The highest BCUT2D eigenvalue weighted by Gasteiger charge is 2.26. The number of esters is 1. The first-order valence-corrected chi connectivity index (χ1v) is 11.1. The monoisotopic (exact) mass is 473 g/mol. The minimum absolute atomic E-state index is 0.0116. The average molecular weight is 473 g/mol. The van der Waals surface area contributed by atoms with Gasteiger partial charge in [-0.1, -0.05) is 42.5 Å². The van der Waals surface area contributed by atoms with Crippen LogP contribution in [0.2, 0.25) is 0 Å². The number of carbonyl (C=O) groups excluding carboxylic acids is 2. The summed E-state index contributed by atoms with van der Waals surface area (Å²) in [6.45, 7) is 2.04. The first kappa shape index (κ1) is 22.3. The number of furan rings is 1. The van der Waals surface area contributed by atoms with E-state index in [1.165, 1.54) is 6.92 Å². The zero-order chi connectivity index (χ0) is 24.2. The topological polar surface area (TPSA) is 96.2 Å². The fourth-order valence-electron chi connectivity index (χ4n) is 3.73. The summed E-state index contributed by atoms with van der Waals surface area (Å²) in [5, 5.41) is 3.51. The maximum atomic E-state index is 13.0. The Kier molecular flexibility index (Phi) is 6.26. The molecule has 178 valence electrons. The molecule has 0 fully saturated rings. The third kappa shape index (κ3) is 4.91. The molecule has 4 aromatic rings. The fourth-order valence-corrected chi connectivity index (χ4v) is 3.73. The summed E-state index contributed by atoms with van der Waals surface area (Å²) in [5.74, 6) is 0.797. The molecule has 0 aliphatic carbocycles. The van der Waals surface area contributed by atoms with Crippen LogP contribution >= 0.6 is 0 Å². The number of nitrogens with one attached hydrogen (secondary N) is 1. The van der Waals surface area contributed by atoms with Crippen molar-refractivity contribution in [3.05, 3.63) is 89.7 Å². The van der Waals surface area contributed by atoms with E-state index in [-0.39, 0.29) is 25.7 Å². The Morgan fingerprint density at radius 3 is 2.60 bits per heavy atom. The zero-order valence-corrected chi connectivity index (χ0v) is 19.0. The van der Waals surface area contributed by atoms with Gasteiger partial charge in [0.05, 0.1) is 5.56 Å². The van der Waals surface area contributed by atoms with Gasteiger partial charge in [0.1, 0.15) is 17.9 Å². The van der Waals surface area contributed by atoms with Gasteiger partial charge < -0.3 is 28.7 Å². The summed E-state index contributed by atoms with van der Waals surface area (Å²) in [4.78, 5) is 25.6. The van der Waals surface area contributed by atoms with Crippen molar-refractivity contribution in [3.63, 3.8) is 0 Å². The van der Waals surface area contributed by atoms with Crippen LogP contribution in [0.4, 0.5) is 0 Å². The summed E-state index contributed by atoms with van der Waals surface area (Å²) in [5.41, 5.74) is 1.92. The van der Waals surface area contributed by atoms with Crippen molar-refractivity contribution in [2.45, 2.75) is 26.2 Å². The number of fused-ring (bicyclic) bond motifs is 2. The number of rotatable bonds is 8. The molecule has 1 aliphatic heterocycles. The molecule has 1 aromatic heterocycles. The molecule has 5 rings (SSSR count). The van der Waals surface area contributed by atoms with Crippen LogP contribution in [0.5, 0.6) is 17.2 Å². The molecule has 0 radical (unpaired) electrons. The molecule has 1 unspecified atom stereocenters. The summed E-state index contributed by atoms with van der Waals surface area (Å²) in [7, 11) is 0. The van der Waals surface area contributed by atoms with Gasteiger partial charge in [-0.05, 0) is 42.8 Å². The van der Waals surface area contributed by atoms with Crippen LogP contribution in [0.1, 0.15) is 28.6 Å². The van der Waals surface area contributed by atoms with Gasteiger partial charge in [-0.3, -0.25) is 4.79 Å². The second-order valence-electron chi connectivity index (χ2n) is 7.96. The highest BCUT2D eigenvalue weighted by Crippen LogP contribution is 2.32. The lowest BCUT2D eigenvalue weighted by molar-refractivity contribution is -0.129. The predicted octanol–water partition coefficient (Wildman–Crippen LogP) is 4.60.